The predicted octanol–water partition coefficient (Wildman–Crippen LogP) is 9.78. The minimum Gasteiger partial charge on any atom is -0.239 e. The van der Waals surface area contributed by atoms with Crippen molar-refractivity contribution >= 4 is 11.6 Å². The van der Waals surface area contributed by atoms with Crippen LogP contribution in [0, 0.1) is 5.41 Å². The van der Waals surface area contributed by atoms with Crippen LogP contribution in [0.15, 0.2) is 85.5 Å². The third kappa shape index (κ3) is 13.7. The lowest BCUT2D eigenvalue weighted by molar-refractivity contribution is 0.274. The van der Waals surface area contributed by atoms with Crippen LogP contribution in [0.25, 0.3) is 11.6 Å². The monoisotopic (exact) mass is 410 g/mol. The van der Waals surface area contributed by atoms with Crippen LogP contribution in [0.2, 0.25) is 0 Å². The number of allylic oxidation sites excluding steroid dienone is 7. The van der Waals surface area contributed by atoms with Crippen molar-refractivity contribution in [2.75, 3.05) is 0 Å². The Morgan fingerprint density at radius 3 is 1.67 bits per heavy atom. The van der Waals surface area contributed by atoms with Gasteiger partial charge in [-0.15, -0.1) is 13.2 Å². The molecule has 0 heterocycles. The van der Waals surface area contributed by atoms with Crippen LogP contribution >= 0.6 is 0 Å². The van der Waals surface area contributed by atoms with Crippen molar-refractivity contribution in [2.45, 2.75) is 68.0 Å². The summed E-state index contributed by atoms with van der Waals surface area (Å²) < 4.78 is 13.5. The maximum absolute atomic E-state index is 13.5. The smallest absolute Gasteiger partial charge is 0.130 e. The Balaban J connectivity index is 0. The fraction of sp³-hybridized carbons (Fsp3) is 0.379. The second-order valence-electron chi connectivity index (χ2n) is 9.06. The lowest BCUT2D eigenvalue weighted by Crippen LogP contribution is -2.14. The van der Waals surface area contributed by atoms with Gasteiger partial charge in [0.15, 0.2) is 0 Å². The van der Waals surface area contributed by atoms with E-state index in [-0.39, 0.29) is 5.41 Å². The fourth-order valence-corrected chi connectivity index (χ4v) is 2.08. The van der Waals surface area contributed by atoms with Gasteiger partial charge >= 0.3 is 0 Å². The Morgan fingerprint density at radius 2 is 1.37 bits per heavy atom. The lowest BCUT2D eigenvalue weighted by Gasteiger charge is -2.16. The van der Waals surface area contributed by atoms with Gasteiger partial charge in [-0.2, -0.15) is 0 Å². The average Bonchev–Trinajstić information content (AvgIpc) is 2.65. The summed E-state index contributed by atoms with van der Waals surface area (Å²) in [6, 6.07) is 8.49. The minimum atomic E-state index is -1.31. The van der Waals surface area contributed by atoms with Crippen molar-refractivity contribution in [3.05, 3.63) is 96.7 Å². The maximum Gasteiger partial charge on any atom is 0.130 e. The topological polar surface area (TPSA) is 0 Å². The van der Waals surface area contributed by atoms with Crippen LogP contribution in [-0.2, 0) is 0 Å². The first-order valence-electron chi connectivity index (χ1n) is 10.3. The highest BCUT2D eigenvalue weighted by Gasteiger charge is 2.19. The zero-order chi connectivity index (χ0) is 24.1. The van der Waals surface area contributed by atoms with Gasteiger partial charge in [-0.3, -0.25) is 0 Å². The molecule has 0 aliphatic heterocycles. The van der Waals surface area contributed by atoms with E-state index in [9.17, 15) is 4.39 Å². The molecular formula is C29H43F. The van der Waals surface area contributed by atoms with Crippen LogP contribution in [0.1, 0.15) is 73.4 Å². The van der Waals surface area contributed by atoms with Gasteiger partial charge in [-0.25, -0.2) is 4.39 Å². The summed E-state index contributed by atoms with van der Waals surface area (Å²) in [6.07, 6.45) is 7.82. The first-order chi connectivity index (χ1) is 13.7. The molecule has 0 bridgehead atoms. The molecule has 0 amide bonds. The van der Waals surface area contributed by atoms with E-state index in [4.69, 9.17) is 0 Å². The molecule has 0 saturated carbocycles. The molecule has 0 spiro atoms. The van der Waals surface area contributed by atoms with Crippen LogP contribution in [0.4, 0.5) is 4.39 Å². The Labute approximate surface area is 186 Å². The number of rotatable bonds is 5. The highest BCUT2D eigenvalue weighted by atomic mass is 19.1. The van der Waals surface area contributed by atoms with Gasteiger partial charge in [0.2, 0.25) is 0 Å². The molecule has 30 heavy (non-hydrogen) atoms. The molecule has 1 rings (SSSR count). The molecule has 0 aromatic heterocycles. The van der Waals surface area contributed by atoms with Gasteiger partial charge in [0.05, 0.1) is 0 Å². The normalized spacial score (nSPS) is 11.6. The molecule has 0 radical (unpaired) electrons. The average molecular weight is 411 g/mol. The number of hydrogen-bond donors (Lipinski definition) is 0. The number of hydrogen-bond acceptors (Lipinski definition) is 0. The Hall–Kier alpha value is -2.41. The molecular weight excluding hydrogens is 367 g/mol. The Morgan fingerprint density at radius 1 is 0.900 bits per heavy atom. The second kappa shape index (κ2) is 13.7. The SMILES string of the molecule is C=C.C=C(C)c1ccc(/C=C/C(C)(C)C)cc1.C=C/C(=C\C(C)=C(C)C)C(C)(C)F. The number of benzene rings is 1. The van der Waals surface area contributed by atoms with Crippen molar-refractivity contribution in [3.63, 3.8) is 0 Å². The first kappa shape index (κ1) is 29.8. The molecule has 0 aliphatic carbocycles. The molecule has 0 fully saturated rings. The highest BCUT2D eigenvalue weighted by molar-refractivity contribution is 5.63. The van der Waals surface area contributed by atoms with E-state index >= 15 is 0 Å². The summed E-state index contributed by atoms with van der Waals surface area (Å²) in [5.74, 6) is 0. The van der Waals surface area contributed by atoms with Crippen molar-refractivity contribution in [2.24, 2.45) is 5.41 Å². The maximum atomic E-state index is 13.5. The van der Waals surface area contributed by atoms with E-state index in [2.05, 4.69) is 83.5 Å². The van der Waals surface area contributed by atoms with Crippen molar-refractivity contribution in [3.8, 4) is 0 Å². The van der Waals surface area contributed by atoms with Gasteiger partial charge in [0, 0.05) is 0 Å². The third-order valence-electron chi connectivity index (χ3n) is 4.25. The van der Waals surface area contributed by atoms with E-state index in [1.165, 1.54) is 16.7 Å². The summed E-state index contributed by atoms with van der Waals surface area (Å²) >= 11 is 0. The predicted molar refractivity (Wildman–Crippen MR) is 138 cm³/mol. The van der Waals surface area contributed by atoms with Crippen LogP contribution in [0.3, 0.4) is 0 Å². The summed E-state index contributed by atoms with van der Waals surface area (Å²) in [6.45, 7) is 31.2. The van der Waals surface area contributed by atoms with Gasteiger partial charge in [-0.05, 0) is 63.7 Å². The second-order valence-corrected chi connectivity index (χ2v) is 9.06. The zero-order valence-electron chi connectivity index (χ0n) is 20.8. The molecule has 0 aliphatic rings. The largest absolute Gasteiger partial charge is 0.239 e. The van der Waals surface area contributed by atoms with Crippen LogP contribution in [-0.4, -0.2) is 5.67 Å². The summed E-state index contributed by atoms with van der Waals surface area (Å²) in [7, 11) is 0. The molecule has 1 aromatic rings. The molecule has 0 saturated heterocycles. The van der Waals surface area contributed by atoms with Gasteiger partial charge in [0.1, 0.15) is 5.67 Å². The summed E-state index contributed by atoms with van der Waals surface area (Å²) in [4.78, 5) is 0. The molecule has 0 N–H and O–H groups in total. The number of halogens is 1. The summed E-state index contributed by atoms with van der Waals surface area (Å²) in [5.41, 5.74) is 5.43. The number of alkyl halides is 1. The standard InChI is InChI=1S/C15H20.C12H19F.C2H4/c1-12(2)14-8-6-13(7-9-14)10-11-15(3,4)5;1-7-11(12(5,6)13)8-10(4)9(2)3;1-2/h6-11H,1H2,2-5H3;7-8H,1H2,2-6H3;1-2H2/b11-10+;11-8+;. The van der Waals surface area contributed by atoms with E-state index in [0.29, 0.717) is 5.57 Å². The Kier molecular flexibility index (Phi) is 13.6. The van der Waals surface area contributed by atoms with Gasteiger partial charge in [-0.1, -0.05) is 99.2 Å². The highest BCUT2D eigenvalue weighted by Crippen LogP contribution is 2.23. The zero-order valence-corrected chi connectivity index (χ0v) is 20.8. The van der Waals surface area contributed by atoms with Crippen molar-refractivity contribution in [1.82, 2.24) is 0 Å². The van der Waals surface area contributed by atoms with E-state index in [0.717, 1.165) is 11.1 Å². The van der Waals surface area contributed by atoms with E-state index < -0.39 is 5.67 Å². The lowest BCUT2D eigenvalue weighted by atomic mass is 9.95. The quantitative estimate of drug-likeness (QED) is 0.334. The summed E-state index contributed by atoms with van der Waals surface area (Å²) in [5, 5.41) is 0. The van der Waals surface area contributed by atoms with Gasteiger partial charge < -0.3 is 0 Å². The first-order valence-corrected chi connectivity index (χ1v) is 10.3. The van der Waals surface area contributed by atoms with E-state index in [1.54, 1.807) is 19.9 Å². The van der Waals surface area contributed by atoms with Crippen LogP contribution in [0.5, 0.6) is 0 Å². The minimum absolute atomic E-state index is 0.243. The molecule has 1 heteroatoms. The van der Waals surface area contributed by atoms with Crippen LogP contribution < -0.4 is 0 Å². The molecule has 0 atom stereocenters. The Bertz CT molecular complexity index is 750. The fourth-order valence-electron chi connectivity index (χ4n) is 2.08. The third-order valence-corrected chi connectivity index (χ3v) is 4.25. The molecule has 166 valence electrons. The van der Waals surface area contributed by atoms with Gasteiger partial charge in [0.25, 0.3) is 0 Å². The van der Waals surface area contributed by atoms with Crippen molar-refractivity contribution in [1.29, 1.82) is 0 Å². The van der Waals surface area contributed by atoms with Crippen molar-refractivity contribution < 1.29 is 4.39 Å². The molecule has 0 nitrogen and oxygen atoms in total. The molecule has 0 unspecified atom stereocenters. The molecule has 1 aromatic carbocycles. The van der Waals surface area contributed by atoms with E-state index in [1.807, 2.05) is 33.8 Å².